The summed E-state index contributed by atoms with van der Waals surface area (Å²) in [6.07, 6.45) is 5.45. The average Bonchev–Trinajstić information content (AvgIpc) is 3.59. The maximum atomic E-state index is 13.6. The minimum absolute atomic E-state index is 0.0404. The van der Waals surface area contributed by atoms with Gasteiger partial charge in [-0.1, -0.05) is 24.3 Å². The Hall–Kier alpha value is -3.35. The first kappa shape index (κ1) is 22.1. The Morgan fingerprint density at radius 3 is 2.94 bits per heavy atom. The summed E-state index contributed by atoms with van der Waals surface area (Å²) in [5.74, 6) is 1.00. The van der Waals surface area contributed by atoms with Crippen LogP contribution in [-0.2, 0) is 24.2 Å². The number of carbonyl (C=O) groups is 1. The first-order chi connectivity index (χ1) is 17.1. The van der Waals surface area contributed by atoms with Crippen molar-refractivity contribution in [1.82, 2.24) is 14.8 Å². The van der Waals surface area contributed by atoms with Crippen molar-refractivity contribution in [2.24, 2.45) is 0 Å². The lowest BCUT2D eigenvalue weighted by Gasteiger charge is -2.36. The van der Waals surface area contributed by atoms with E-state index in [1.54, 1.807) is 17.4 Å². The number of rotatable bonds is 5. The molecule has 1 unspecified atom stereocenters. The predicted molar refractivity (Wildman–Crippen MR) is 142 cm³/mol. The van der Waals surface area contributed by atoms with Gasteiger partial charge in [0, 0.05) is 51.9 Å². The van der Waals surface area contributed by atoms with E-state index in [4.69, 9.17) is 4.74 Å². The van der Waals surface area contributed by atoms with Crippen LogP contribution in [0.1, 0.15) is 38.2 Å². The number of benzene rings is 2. The number of aromatic amines is 1. The highest BCUT2D eigenvalue weighted by Crippen LogP contribution is 2.40. The number of hydrogen-bond donors (Lipinski definition) is 1. The van der Waals surface area contributed by atoms with Gasteiger partial charge in [-0.15, -0.1) is 11.3 Å². The number of ether oxygens (including phenoxy) is 1. The number of thiophene rings is 1. The third-order valence-corrected chi connectivity index (χ3v) is 7.93. The Balaban J connectivity index is 1.36. The number of carbonyl (C=O) groups excluding carboxylic acids is 1. The molecule has 2 aromatic carbocycles. The zero-order valence-corrected chi connectivity index (χ0v) is 20.9. The van der Waals surface area contributed by atoms with Gasteiger partial charge >= 0.3 is 0 Å². The van der Waals surface area contributed by atoms with Crippen LogP contribution in [0, 0.1) is 0 Å². The van der Waals surface area contributed by atoms with Crippen LogP contribution in [0.5, 0.6) is 5.75 Å². The summed E-state index contributed by atoms with van der Waals surface area (Å²) in [7, 11) is 4.14. The Morgan fingerprint density at radius 2 is 2.06 bits per heavy atom. The molecule has 178 valence electrons. The molecule has 1 amide bonds. The third kappa shape index (κ3) is 4.17. The molecule has 0 saturated carbocycles. The van der Waals surface area contributed by atoms with Crippen molar-refractivity contribution < 1.29 is 9.53 Å². The molecule has 0 aliphatic carbocycles. The Morgan fingerprint density at radius 1 is 1.17 bits per heavy atom. The van der Waals surface area contributed by atoms with Gasteiger partial charge in [-0.25, -0.2) is 0 Å². The van der Waals surface area contributed by atoms with Gasteiger partial charge in [0.05, 0.1) is 12.6 Å². The number of fused-ring (bicyclic) bond motifs is 4. The number of nitrogens with one attached hydrogen (secondary N) is 1. The molecule has 2 aliphatic rings. The quantitative estimate of drug-likeness (QED) is 0.386. The minimum atomic E-state index is -0.151. The third-order valence-electron chi connectivity index (χ3n) is 6.89. The van der Waals surface area contributed by atoms with Crippen LogP contribution >= 0.6 is 11.3 Å². The first-order valence-electron chi connectivity index (χ1n) is 12.1. The van der Waals surface area contributed by atoms with Gasteiger partial charge in [-0.2, -0.15) is 0 Å². The maximum absolute atomic E-state index is 13.6. The molecular formula is C29H29N3O2S. The van der Waals surface area contributed by atoms with Gasteiger partial charge in [-0.3, -0.25) is 4.79 Å². The second kappa shape index (κ2) is 9.02. The molecule has 6 rings (SSSR count). The Kier molecular flexibility index (Phi) is 5.71. The standard InChI is InChI=1S/C29H29N3O2S/c1-31(2)18-22-9-8-21(35-22)10-12-27(33)32-15-13-24-23-5-3-4-6-25(23)30-28(24)29(32)20-7-11-26-19(17-20)14-16-34-26/h3-12,17,29-30H,13-16,18H2,1-2H3. The van der Waals surface area contributed by atoms with E-state index in [-0.39, 0.29) is 11.9 Å². The lowest BCUT2D eigenvalue weighted by Crippen LogP contribution is -2.39. The molecule has 0 spiro atoms. The summed E-state index contributed by atoms with van der Waals surface area (Å²) in [5.41, 5.74) is 5.93. The molecule has 0 fully saturated rings. The van der Waals surface area contributed by atoms with E-state index in [0.29, 0.717) is 6.54 Å². The number of H-pyrrole nitrogens is 1. The van der Waals surface area contributed by atoms with E-state index < -0.39 is 0 Å². The van der Waals surface area contributed by atoms with Crippen LogP contribution in [0.3, 0.4) is 0 Å². The topological polar surface area (TPSA) is 48.6 Å². The number of amides is 1. The van der Waals surface area contributed by atoms with Crippen molar-refractivity contribution in [3.8, 4) is 5.75 Å². The molecular weight excluding hydrogens is 454 g/mol. The van der Waals surface area contributed by atoms with Gasteiger partial charge in [0.15, 0.2) is 0 Å². The number of aromatic nitrogens is 1. The molecule has 2 aliphatic heterocycles. The first-order valence-corrected chi connectivity index (χ1v) is 13.0. The van der Waals surface area contributed by atoms with Crippen LogP contribution in [0.15, 0.2) is 60.7 Å². The van der Waals surface area contributed by atoms with Crippen molar-refractivity contribution in [3.05, 3.63) is 92.8 Å². The highest BCUT2D eigenvalue weighted by molar-refractivity contribution is 7.12. The molecule has 6 heteroatoms. The molecule has 0 saturated heterocycles. The fourth-order valence-electron chi connectivity index (χ4n) is 5.33. The Bertz CT molecular complexity index is 1430. The summed E-state index contributed by atoms with van der Waals surface area (Å²) in [6, 6.07) is 18.9. The van der Waals surface area contributed by atoms with Crippen molar-refractivity contribution in [2.75, 3.05) is 27.2 Å². The smallest absolute Gasteiger partial charge is 0.247 e. The summed E-state index contributed by atoms with van der Waals surface area (Å²) in [4.78, 5) is 23.8. The molecule has 1 N–H and O–H groups in total. The summed E-state index contributed by atoms with van der Waals surface area (Å²) in [5, 5.41) is 1.26. The summed E-state index contributed by atoms with van der Waals surface area (Å²) in [6.45, 7) is 2.32. The lowest BCUT2D eigenvalue weighted by molar-refractivity contribution is -0.128. The van der Waals surface area contributed by atoms with E-state index in [2.05, 4.69) is 78.6 Å². The number of nitrogens with zero attached hydrogens (tertiary/aromatic N) is 2. The van der Waals surface area contributed by atoms with Crippen molar-refractivity contribution >= 4 is 34.2 Å². The normalized spacial score (nSPS) is 17.2. The zero-order chi connectivity index (χ0) is 23.9. The van der Waals surface area contributed by atoms with Crippen molar-refractivity contribution in [3.63, 3.8) is 0 Å². The van der Waals surface area contributed by atoms with Gasteiger partial charge in [0.1, 0.15) is 5.75 Å². The van der Waals surface area contributed by atoms with Crippen molar-refractivity contribution in [2.45, 2.75) is 25.4 Å². The summed E-state index contributed by atoms with van der Waals surface area (Å²) < 4.78 is 5.74. The van der Waals surface area contributed by atoms with Crippen LogP contribution in [0.25, 0.3) is 17.0 Å². The molecule has 0 bridgehead atoms. The van der Waals surface area contributed by atoms with Gasteiger partial charge < -0.3 is 19.5 Å². The second-order valence-corrected chi connectivity index (χ2v) is 10.8. The largest absolute Gasteiger partial charge is 0.493 e. The van der Waals surface area contributed by atoms with Crippen LogP contribution in [0.2, 0.25) is 0 Å². The van der Waals surface area contributed by atoms with Crippen LogP contribution in [0.4, 0.5) is 0 Å². The fourth-order valence-corrected chi connectivity index (χ4v) is 6.37. The van der Waals surface area contributed by atoms with Crippen molar-refractivity contribution in [1.29, 1.82) is 0 Å². The summed E-state index contributed by atoms with van der Waals surface area (Å²) >= 11 is 1.73. The molecule has 35 heavy (non-hydrogen) atoms. The van der Waals surface area contributed by atoms with Crippen LogP contribution < -0.4 is 4.74 Å². The number of para-hydroxylation sites is 1. The molecule has 4 heterocycles. The van der Waals surface area contributed by atoms with E-state index in [1.165, 1.54) is 21.4 Å². The number of hydrogen-bond acceptors (Lipinski definition) is 4. The van der Waals surface area contributed by atoms with Gasteiger partial charge in [0.2, 0.25) is 5.91 Å². The highest BCUT2D eigenvalue weighted by Gasteiger charge is 2.34. The second-order valence-electron chi connectivity index (χ2n) is 9.59. The van der Waals surface area contributed by atoms with Gasteiger partial charge in [0.25, 0.3) is 0 Å². The van der Waals surface area contributed by atoms with Crippen LogP contribution in [-0.4, -0.2) is 47.9 Å². The van der Waals surface area contributed by atoms with E-state index in [1.807, 2.05) is 11.0 Å². The molecule has 2 aromatic heterocycles. The molecule has 5 nitrogen and oxygen atoms in total. The highest BCUT2D eigenvalue weighted by atomic mass is 32.1. The fraction of sp³-hybridized carbons (Fsp3) is 0.276. The SMILES string of the molecule is CN(C)Cc1ccc(C=CC(=O)N2CCc3c([nH]c4ccccc34)C2c2ccc3c(c2)CCO3)s1. The molecule has 1 atom stereocenters. The predicted octanol–water partition coefficient (Wildman–Crippen LogP) is 5.41. The molecule has 4 aromatic rings. The van der Waals surface area contributed by atoms with E-state index >= 15 is 0 Å². The van der Waals surface area contributed by atoms with Gasteiger partial charge in [-0.05, 0) is 73.6 Å². The monoisotopic (exact) mass is 483 g/mol. The maximum Gasteiger partial charge on any atom is 0.247 e. The average molecular weight is 484 g/mol. The van der Waals surface area contributed by atoms with E-state index in [9.17, 15) is 4.79 Å². The Labute approximate surface area is 209 Å². The minimum Gasteiger partial charge on any atom is -0.493 e. The lowest BCUT2D eigenvalue weighted by atomic mass is 9.91. The molecule has 0 radical (unpaired) electrons. The van der Waals surface area contributed by atoms with E-state index in [0.717, 1.165) is 53.4 Å². The zero-order valence-electron chi connectivity index (χ0n) is 20.1.